The minimum Gasteiger partial charge on any atom is -0.245 e. The number of aryl methyl sites for hydroxylation is 1. The van der Waals surface area contributed by atoms with Gasteiger partial charge in [-0.15, -0.1) is 22.9 Å². The second kappa shape index (κ2) is 4.29. The molecule has 2 aromatic rings. The van der Waals surface area contributed by atoms with E-state index in [1.165, 1.54) is 12.1 Å². The summed E-state index contributed by atoms with van der Waals surface area (Å²) in [7, 11) is 0. The molecule has 0 saturated heterocycles. The lowest BCUT2D eigenvalue weighted by atomic mass is 10.1. The predicted octanol–water partition coefficient (Wildman–Crippen LogP) is 4.00. The van der Waals surface area contributed by atoms with E-state index in [4.69, 9.17) is 11.6 Å². The highest BCUT2D eigenvalue weighted by Crippen LogP contribution is 2.30. The second-order valence-electron chi connectivity index (χ2n) is 3.16. The third kappa shape index (κ3) is 2.19. The SMILES string of the molecule is Cc1nc(CCl)sc1-c1ccc(F)cc1. The summed E-state index contributed by atoms with van der Waals surface area (Å²) in [6.45, 7) is 1.94. The first kappa shape index (κ1) is 10.6. The van der Waals surface area contributed by atoms with Gasteiger partial charge in [0, 0.05) is 0 Å². The monoisotopic (exact) mass is 241 g/mol. The van der Waals surface area contributed by atoms with Crippen molar-refractivity contribution in [2.75, 3.05) is 0 Å². The minimum absolute atomic E-state index is 0.224. The number of rotatable bonds is 2. The van der Waals surface area contributed by atoms with Crippen molar-refractivity contribution in [1.29, 1.82) is 0 Å². The van der Waals surface area contributed by atoms with E-state index in [2.05, 4.69) is 4.98 Å². The van der Waals surface area contributed by atoms with Crippen LogP contribution in [0.4, 0.5) is 4.39 Å². The van der Waals surface area contributed by atoms with Gasteiger partial charge in [-0.2, -0.15) is 0 Å². The van der Waals surface area contributed by atoms with Gasteiger partial charge in [0.05, 0.1) is 16.5 Å². The highest BCUT2D eigenvalue weighted by molar-refractivity contribution is 7.15. The summed E-state index contributed by atoms with van der Waals surface area (Å²) in [4.78, 5) is 5.38. The molecule has 1 heterocycles. The van der Waals surface area contributed by atoms with Crippen LogP contribution in [0.25, 0.3) is 10.4 Å². The zero-order valence-corrected chi connectivity index (χ0v) is 9.70. The summed E-state index contributed by atoms with van der Waals surface area (Å²) in [6.07, 6.45) is 0. The molecular weight excluding hydrogens is 233 g/mol. The Labute approximate surface area is 96.5 Å². The van der Waals surface area contributed by atoms with Crippen LogP contribution in [0.2, 0.25) is 0 Å². The molecule has 1 aromatic carbocycles. The van der Waals surface area contributed by atoms with Gasteiger partial charge >= 0.3 is 0 Å². The Morgan fingerprint density at radius 2 is 2.00 bits per heavy atom. The van der Waals surface area contributed by atoms with E-state index in [-0.39, 0.29) is 5.82 Å². The zero-order valence-electron chi connectivity index (χ0n) is 8.13. The quantitative estimate of drug-likeness (QED) is 0.725. The first-order valence-electron chi connectivity index (χ1n) is 4.49. The molecular formula is C11H9ClFNS. The zero-order chi connectivity index (χ0) is 10.8. The predicted molar refractivity (Wildman–Crippen MR) is 61.8 cm³/mol. The molecule has 1 aromatic heterocycles. The van der Waals surface area contributed by atoms with Crippen LogP contribution < -0.4 is 0 Å². The molecule has 0 unspecified atom stereocenters. The summed E-state index contributed by atoms with van der Waals surface area (Å²) in [5, 5.41) is 0.897. The molecule has 0 radical (unpaired) electrons. The fraction of sp³-hybridized carbons (Fsp3) is 0.182. The summed E-state index contributed by atoms with van der Waals surface area (Å²) >= 11 is 7.27. The Bertz CT molecular complexity index is 464. The molecule has 0 atom stereocenters. The van der Waals surface area contributed by atoms with Crippen LogP contribution in [-0.2, 0) is 5.88 Å². The van der Waals surface area contributed by atoms with Gasteiger partial charge in [-0.3, -0.25) is 0 Å². The first-order valence-corrected chi connectivity index (χ1v) is 5.84. The Balaban J connectivity index is 2.44. The summed E-state index contributed by atoms with van der Waals surface area (Å²) in [5.74, 6) is 0.200. The van der Waals surface area contributed by atoms with Crippen molar-refractivity contribution in [3.63, 3.8) is 0 Å². The molecule has 0 amide bonds. The van der Waals surface area contributed by atoms with Crippen LogP contribution in [0, 0.1) is 12.7 Å². The number of alkyl halides is 1. The van der Waals surface area contributed by atoms with Gasteiger partial charge in [-0.05, 0) is 24.6 Å². The highest BCUT2D eigenvalue weighted by atomic mass is 35.5. The van der Waals surface area contributed by atoms with Crippen LogP contribution in [-0.4, -0.2) is 4.98 Å². The molecule has 0 saturated carbocycles. The maximum Gasteiger partial charge on any atom is 0.123 e. The van der Waals surface area contributed by atoms with Crippen LogP contribution in [0.15, 0.2) is 24.3 Å². The molecule has 0 bridgehead atoms. The van der Waals surface area contributed by atoms with E-state index in [0.29, 0.717) is 5.88 Å². The molecule has 15 heavy (non-hydrogen) atoms. The Kier molecular flexibility index (Phi) is 3.03. The Morgan fingerprint density at radius 3 is 2.53 bits per heavy atom. The van der Waals surface area contributed by atoms with Crippen molar-refractivity contribution in [1.82, 2.24) is 4.98 Å². The number of hydrogen-bond donors (Lipinski definition) is 0. The number of aromatic nitrogens is 1. The Morgan fingerprint density at radius 1 is 1.33 bits per heavy atom. The van der Waals surface area contributed by atoms with Crippen LogP contribution in [0.1, 0.15) is 10.7 Å². The van der Waals surface area contributed by atoms with E-state index in [9.17, 15) is 4.39 Å². The third-order valence-electron chi connectivity index (χ3n) is 2.06. The van der Waals surface area contributed by atoms with Crippen molar-refractivity contribution < 1.29 is 4.39 Å². The molecule has 4 heteroatoms. The second-order valence-corrected chi connectivity index (χ2v) is 4.51. The fourth-order valence-electron chi connectivity index (χ4n) is 1.38. The molecule has 1 nitrogen and oxygen atoms in total. The first-order chi connectivity index (χ1) is 7.20. The molecule has 78 valence electrons. The van der Waals surface area contributed by atoms with Crippen molar-refractivity contribution >= 4 is 22.9 Å². The third-order valence-corrected chi connectivity index (χ3v) is 3.68. The van der Waals surface area contributed by atoms with E-state index in [1.54, 1.807) is 23.5 Å². The van der Waals surface area contributed by atoms with Crippen LogP contribution >= 0.6 is 22.9 Å². The molecule has 0 aliphatic carbocycles. The largest absolute Gasteiger partial charge is 0.245 e. The van der Waals surface area contributed by atoms with Crippen molar-refractivity contribution in [3.8, 4) is 10.4 Å². The average molecular weight is 242 g/mol. The number of thiazole rings is 1. The van der Waals surface area contributed by atoms with Crippen molar-refractivity contribution in [2.24, 2.45) is 0 Å². The minimum atomic E-state index is -0.224. The summed E-state index contributed by atoms with van der Waals surface area (Å²) < 4.78 is 12.7. The lowest BCUT2D eigenvalue weighted by Gasteiger charge is -1.97. The van der Waals surface area contributed by atoms with Gasteiger partial charge < -0.3 is 0 Å². The van der Waals surface area contributed by atoms with Crippen LogP contribution in [0.5, 0.6) is 0 Å². The Hall–Kier alpha value is -0.930. The number of benzene rings is 1. The fourth-order valence-corrected chi connectivity index (χ4v) is 2.52. The molecule has 0 aliphatic rings. The normalized spacial score (nSPS) is 10.6. The molecule has 2 rings (SSSR count). The smallest absolute Gasteiger partial charge is 0.123 e. The van der Waals surface area contributed by atoms with Gasteiger partial charge in [-0.25, -0.2) is 9.37 Å². The van der Waals surface area contributed by atoms with Gasteiger partial charge in [-0.1, -0.05) is 12.1 Å². The number of hydrogen-bond acceptors (Lipinski definition) is 2. The summed E-state index contributed by atoms with van der Waals surface area (Å²) in [6, 6.07) is 6.42. The maximum atomic E-state index is 12.7. The van der Waals surface area contributed by atoms with E-state index >= 15 is 0 Å². The van der Waals surface area contributed by atoms with E-state index in [0.717, 1.165) is 21.1 Å². The molecule has 0 spiro atoms. The van der Waals surface area contributed by atoms with E-state index < -0.39 is 0 Å². The van der Waals surface area contributed by atoms with Crippen molar-refractivity contribution in [2.45, 2.75) is 12.8 Å². The lowest BCUT2D eigenvalue weighted by Crippen LogP contribution is -1.79. The molecule has 0 fully saturated rings. The maximum absolute atomic E-state index is 12.7. The molecule has 0 aliphatic heterocycles. The lowest BCUT2D eigenvalue weighted by molar-refractivity contribution is 0.628. The number of nitrogens with zero attached hydrogens (tertiary/aromatic N) is 1. The van der Waals surface area contributed by atoms with Crippen molar-refractivity contribution in [3.05, 3.63) is 40.8 Å². The molecule has 0 N–H and O–H groups in total. The van der Waals surface area contributed by atoms with E-state index in [1.807, 2.05) is 6.92 Å². The topological polar surface area (TPSA) is 12.9 Å². The van der Waals surface area contributed by atoms with Gasteiger partial charge in [0.1, 0.15) is 10.8 Å². The van der Waals surface area contributed by atoms with Crippen LogP contribution in [0.3, 0.4) is 0 Å². The van der Waals surface area contributed by atoms with Gasteiger partial charge in [0.25, 0.3) is 0 Å². The summed E-state index contributed by atoms with van der Waals surface area (Å²) in [5.41, 5.74) is 1.94. The average Bonchev–Trinajstić information content (AvgIpc) is 2.61. The van der Waals surface area contributed by atoms with Gasteiger partial charge in [0.2, 0.25) is 0 Å². The standard InChI is InChI=1S/C11H9ClFNS/c1-7-11(15-10(6-12)14-7)8-2-4-9(13)5-3-8/h2-5H,6H2,1H3. The van der Waals surface area contributed by atoms with Gasteiger partial charge in [0.15, 0.2) is 0 Å². The highest BCUT2D eigenvalue weighted by Gasteiger charge is 2.08. The number of halogens is 2.